The number of aryl methyl sites for hydroxylation is 1. The molecule has 1 atom stereocenters. The Morgan fingerprint density at radius 3 is 3.12 bits per heavy atom. The Morgan fingerprint density at radius 2 is 2.50 bits per heavy atom. The SMILES string of the molecule is CCc1ccsc1C(=O)NC1(C)CCNC1. The van der Waals surface area contributed by atoms with Gasteiger partial charge in [0.05, 0.1) is 10.4 Å². The first-order chi connectivity index (χ1) is 7.64. The maximum absolute atomic E-state index is 12.1. The summed E-state index contributed by atoms with van der Waals surface area (Å²) in [6.45, 7) is 6.04. The molecule has 3 nitrogen and oxygen atoms in total. The molecule has 1 saturated heterocycles. The number of amides is 1. The van der Waals surface area contributed by atoms with Crippen LogP contribution in [0, 0.1) is 0 Å². The Hall–Kier alpha value is -0.870. The van der Waals surface area contributed by atoms with Crippen LogP contribution in [0.15, 0.2) is 11.4 Å². The maximum Gasteiger partial charge on any atom is 0.262 e. The van der Waals surface area contributed by atoms with Gasteiger partial charge in [0.15, 0.2) is 0 Å². The standard InChI is InChI=1S/C12H18N2OS/c1-3-9-4-7-16-10(9)11(15)14-12(2)5-6-13-8-12/h4,7,13H,3,5-6,8H2,1-2H3,(H,14,15). The molecule has 0 spiro atoms. The van der Waals surface area contributed by atoms with Crippen molar-refractivity contribution in [2.24, 2.45) is 0 Å². The lowest BCUT2D eigenvalue weighted by Crippen LogP contribution is -2.47. The van der Waals surface area contributed by atoms with Gasteiger partial charge in [-0.15, -0.1) is 11.3 Å². The second-order valence-electron chi connectivity index (χ2n) is 4.57. The first kappa shape index (κ1) is 11.6. The second kappa shape index (κ2) is 4.55. The Bertz CT molecular complexity index is 380. The summed E-state index contributed by atoms with van der Waals surface area (Å²) in [7, 11) is 0. The lowest BCUT2D eigenvalue weighted by atomic mass is 10.0. The Balaban J connectivity index is 2.08. The van der Waals surface area contributed by atoms with E-state index in [1.54, 1.807) is 0 Å². The average molecular weight is 238 g/mol. The van der Waals surface area contributed by atoms with E-state index in [-0.39, 0.29) is 11.4 Å². The highest BCUT2D eigenvalue weighted by Crippen LogP contribution is 2.20. The van der Waals surface area contributed by atoms with Crippen LogP contribution in [0.5, 0.6) is 0 Å². The van der Waals surface area contributed by atoms with Crippen molar-refractivity contribution in [3.8, 4) is 0 Å². The number of nitrogens with one attached hydrogen (secondary N) is 2. The van der Waals surface area contributed by atoms with E-state index in [1.165, 1.54) is 11.3 Å². The smallest absolute Gasteiger partial charge is 0.262 e. The minimum Gasteiger partial charge on any atom is -0.345 e. The molecule has 2 N–H and O–H groups in total. The summed E-state index contributed by atoms with van der Waals surface area (Å²) in [4.78, 5) is 13.0. The van der Waals surface area contributed by atoms with Crippen LogP contribution >= 0.6 is 11.3 Å². The van der Waals surface area contributed by atoms with E-state index in [9.17, 15) is 4.79 Å². The van der Waals surface area contributed by atoms with E-state index in [0.717, 1.165) is 36.4 Å². The molecule has 2 heterocycles. The first-order valence-corrected chi connectivity index (χ1v) is 6.62. The normalized spacial score (nSPS) is 24.6. The largest absolute Gasteiger partial charge is 0.345 e. The van der Waals surface area contributed by atoms with E-state index >= 15 is 0 Å². The van der Waals surface area contributed by atoms with E-state index in [4.69, 9.17) is 0 Å². The van der Waals surface area contributed by atoms with Crippen molar-refractivity contribution in [3.05, 3.63) is 21.9 Å². The van der Waals surface area contributed by atoms with Crippen LogP contribution in [0.3, 0.4) is 0 Å². The number of hydrogen-bond donors (Lipinski definition) is 2. The van der Waals surface area contributed by atoms with Crippen molar-refractivity contribution < 1.29 is 4.79 Å². The summed E-state index contributed by atoms with van der Waals surface area (Å²) >= 11 is 1.53. The molecule has 0 aliphatic carbocycles. The molecule has 1 unspecified atom stereocenters. The zero-order chi connectivity index (χ0) is 11.6. The van der Waals surface area contributed by atoms with Gasteiger partial charge >= 0.3 is 0 Å². The summed E-state index contributed by atoms with van der Waals surface area (Å²) in [5.74, 6) is 0.0815. The van der Waals surface area contributed by atoms with E-state index in [2.05, 4.69) is 24.5 Å². The van der Waals surface area contributed by atoms with Gasteiger partial charge in [-0.05, 0) is 43.3 Å². The van der Waals surface area contributed by atoms with Gasteiger partial charge in [0, 0.05) is 6.54 Å². The van der Waals surface area contributed by atoms with Crippen LogP contribution in [0.2, 0.25) is 0 Å². The van der Waals surface area contributed by atoms with Crippen molar-refractivity contribution in [1.29, 1.82) is 0 Å². The Labute approximate surface area is 100 Å². The predicted molar refractivity (Wildman–Crippen MR) is 67.1 cm³/mol. The molecular weight excluding hydrogens is 220 g/mol. The third-order valence-electron chi connectivity index (χ3n) is 3.12. The van der Waals surface area contributed by atoms with Crippen molar-refractivity contribution in [2.75, 3.05) is 13.1 Å². The third-order valence-corrected chi connectivity index (χ3v) is 4.07. The van der Waals surface area contributed by atoms with Crippen molar-refractivity contribution in [2.45, 2.75) is 32.2 Å². The zero-order valence-corrected chi connectivity index (χ0v) is 10.6. The zero-order valence-electron chi connectivity index (χ0n) is 9.80. The number of carbonyl (C=O) groups excluding carboxylic acids is 1. The third kappa shape index (κ3) is 2.28. The highest BCUT2D eigenvalue weighted by atomic mass is 32.1. The van der Waals surface area contributed by atoms with E-state index < -0.39 is 0 Å². The molecule has 1 aromatic rings. The molecule has 2 rings (SSSR count). The van der Waals surface area contributed by atoms with Gasteiger partial charge in [-0.25, -0.2) is 0 Å². The van der Waals surface area contributed by atoms with Gasteiger partial charge in [-0.1, -0.05) is 6.92 Å². The summed E-state index contributed by atoms with van der Waals surface area (Å²) < 4.78 is 0. The summed E-state index contributed by atoms with van der Waals surface area (Å²) in [6, 6.07) is 2.04. The molecule has 0 saturated carbocycles. The van der Waals surface area contributed by atoms with Gasteiger partial charge in [0.2, 0.25) is 0 Å². The molecule has 1 aliphatic heterocycles. The fourth-order valence-electron chi connectivity index (χ4n) is 2.07. The van der Waals surface area contributed by atoms with Crippen LogP contribution in [0.1, 0.15) is 35.5 Å². The summed E-state index contributed by atoms with van der Waals surface area (Å²) in [5, 5.41) is 8.41. The second-order valence-corrected chi connectivity index (χ2v) is 5.49. The number of rotatable bonds is 3. The fraction of sp³-hybridized carbons (Fsp3) is 0.583. The van der Waals surface area contributed by atoms with Gasteiger partial charge < -0.3 is 10.6 Å². The molecule has 1 aliphatic rings. The number of carbonyl (C=O) groups is 1. The molecule has 88 valence electrons. The molecule has 1 amide bonds. The molecule has 1 aromatic heterocycles. The predicted octanol–water partition coefficient (Wildman–Crippen LogP) is 1.79. The maximum atomic E-state index is 12.1. The minimum absolute atomic E-state index is 0.0773. The topological polar surface area (TPSA) is 41.1 Å². The number of thiophene rings is 1. The summed E-state index contributed by atoms with van der Waals surface area (Å²) in [6.07, 6.45) is 1.92. The highest BCUT2D eigenvalue weighted by Gasteiger charge is 2.30. The summed E-state index contributed by atoms with van der Waals surface area (Å²) in [5.41, 5.74) is 1.07. The van der Waals surface area contributed by atoms with Crippen molar-refractivity contribution in [1.82, 2.24) is 10.6 Å². The van der Waals surface area contributed by atoms with Crippen LogP contribution in [-0.4, -0.2) is 24.5 Å². The van der Waals surface area contributed by atoms with Crippen LogP contribution < -0.4 is 10.6 Å². The Morgan fingerprint density at radius 1 is 1.69 bits per heavy atom. The van der Waals surface area contributed by atoms with E-state index in [0.29, 0.717) is 0 Å². The van der Waals surface area contributed by atoms with Crippen molar-refractivity contribution >= 4 is 17.2 Å². The number of hydrogen-bond acceptors (Lipinski definition) is 3. The lowest BCUT2D eigenvalue weighted by Gasteiger charge is -2.24. The quantitative estimate of drug-likeness (QED) is 0.843. The molecular formula is C12H18N2OS. The van der Waals surface area contributed by atoms with Gasteiger partial charge in [-0.3, -0.25) is 4.79 Å². The minimum atomic E-state index is -0.0773. The van der Waals surface area contributed by atoms with Crippen molar-refractivity contribution in [3.63, 3.8) is 0 Å². The first-order valence-electron chi connectivity index (χ1n) is 5.74. The average Bonchev–Trinajstić information content (AvgIpc) is 2.85. The van der Waals surface area contributed by atoms with Gasteiger partial charge in [-0.2, -0.15) is 0 Å². The Kier molecular flexibility index (Phi) is 3.30. The van der Waals surface area contributed by atoms with Crippen LogP contribution in [0.25, 0.3) is 0 Å². The van der Waals surface area contributed by atoms with Gasteiger partial charge in [0.25, 0.3) is 5.91 Å². The molecule has 16 heavy (non-hydrogen) atoms. The highest BCUT2D eigenvalue weighted by molar-refractivity contribution is 7.12. The molecule has 0 aromatic carbocycles. The molecule has 1 fully saturated rings. The molecule has 0 bridgehead atoms. The lowest BCUT2D eigenvalue weighted by molar-refractivity contribution is 0.0916. The van der Waals surface area contributed by atoms with Crippen LogP contribution in [0.4, 0.5) is 0 Å². The fourth-order valence-corrected chi connectivity index (χ4v) is 2.96. The monoisotopic (exact) mass is 238 g/mol. The molecule has 4 heteroatoms. The van der Waals surface area contributed by atoms with Crippen LogP contribution in [-0.2, 0) is 6.42 Å². The molecule has 0 radical (unpaired) electrons. The van der Waals surface area contributed by atoms with E-state index in [1.807, 2.05) is 11.4 Å². The van der Waals surface area contributed by atoms with Gasteiger partial charge in [0.1, 0.15) is 0 Å².